The summed E-state index contributed by atoms with van der Waals surface area (Å²) in [4.78, 5) is 21.1. The highest BCUT2D eigenvalue weighted by atomic mass is 32.1. The fourth-order valence-corrected chi connectivity index (χ4v) is 4.91. The number of pyridine rings is 1. The fraction of sp³-hybridized carbons (Fsp3) is 0.435. The third-order valence-electron chi connectivity index (χ3n) is 6.16. The van der Waals surface area contributed by atoms with E-state index in [1.807, 2.05) is 6.92 Å². The van der Waals surface area contributed by atoms with Crippen molar-refractivity contribution in [1.29, 1.82) is 0 Å². The van der Waals surface area contributed by atoms with Crippen LogP contribution in [0.1, 0.15) is 53.7 Å². The quantitative estimate of drug-likeness (QED) is 0.502. The Morgan fingerprint density at radius 1 is 1.25 bits per heavy atom. The third kappa shape index (κ3) is 4.87. The van der Waals surface area contributed by atoms with Gasteiger partial charge in [-0.05, 0) is 57.6 Å². The van der Waals surface area contributed by atoms with E-state index in [-0.39, 0.29) is 11.4 Å². The number of amides is 1. The van der Waals surface area contributed by atoms with Gasteiger partial charge in [0.15, 0.2) is 0 Å². The van der Waals surface area contributed by atoms with Crippen molar-refractivity contribution in [2.24, 2.45) is 5.92 Å². The van der Waals surface area contributed by atoms with Gasteiger partial charge in [0, 0.05) is 23.2 Å². The first-order valence-corrected chi connectivity index (χ1v) is 11.5. The first-order valence-electron chi connectivity index (χ1n) is 10.6. The molecular formula is C23H25F3N4OS. The standard InChI is InChI=1S/C23H25F3N4OS/c1-14-20(32-13-28-14)21(31)30-22(2)9-7-15(8-10-22)12-27-18-11-19(23(24,25)26)29-17-6-4-3-5-16(17)18/h3-6,11,13,15H,7-10,12H2,1-2H3,(H,27,29)(H,30,31). The zero-order valence-electron chi connectivity index (χ0n) is 17.9. The molecule has 0 unspecified atom stereocenters. The molecule has 1 saturated carbocycles. The van der Waals surface area contributed by atoms with E-state index in [0.29, 0.717) is 33.9 Å². The van der Waals surface area contributed by atoms with E-state index in [0.717, 1.165) is 37.4 Å². The van der Waals surface area contributed by atoms with E-state index >= 15 is 0 Å². The molecule has 1 aromatic carbocycles. The predicted octanol–water partition coefficient (Wildman–Crippen LogP) is 5.81. The van der Waals surface area contributed by atoms with Gasteiger partial charge >= 0.3 is 6.18 Å². The molecule has 0 atom stereocenters. The van der Waals surface area contributed by atoms with Crippen LogP contribution >= 0.6 is 11.3 Å². The Bertz CT molecular complexity index is 1120. The Morgan fingerprint density at radius 3 is 2.62 bits per heavy atom. The Morgan fingerprint density at radius 2 is 1.97 bits per heavy atom. The highest BCUT2D eigenvalue weighted by Gasteiger charge is 2.35. The molecule has 1 fully saturated rings. The van der Waals surface area contributed by atoms with Crippen molar-refractivity contribution in [1.82, 2.24) is 15.3 Å². The summed E-state index contributed by atoms with van der Waals surface area (Å²) >= 11 is 1.34. The molecule has 1 aliphatic rings. The summed E-state index contributed by atoms with van der Waals surface area (Å²) in [5.41, 5.74) is 1.99. The summed E-state index contributed by atoms with van der Waals surface area (Å²) in [7, 11) is 0. The van der Waals surface area contributed by atoms with Crippen LogP contribution in [0.5, 0.6) is 0 Å². The van der Waals surface area contributed by atoms with Gasteiger partial charge < -0.3 is 10.6 Å². The maximum atomic E-state index is 13.3. The number of alkyl halides is 3. The second-order valence-electron chi connectivity index (χ2n) is 8.68. The number of benzene rings is 1. The molecule has 0 radical (unpaired) electrons. The number of hydrogen-bond donors (Lipinski definition) is 2. The molecule has 3 aromatic rings. The molecule has 0 bridgehead atoms. The lowest BCUT2D eigenvalue weighted by molar-refractivity contribution is -0.140. The lowest BCUT2D eigenvalue weighted by Gasteiger charge is -2.38. The average molecular weight is 463 g/mol. The van der Waals surface area contributed by atoms with Crippen molar-refractivity contribution < 1.29 is 18.0 Å². The van der Waals surface area contributed by atoms with Crippen molar-refractivity contribution in [2.45, 2.75) is 51.2 Å². The second-order valence-corrected chi connectivity index (χ2v) is 9.53. The zero-order valence-corrected chi connectivity index (χ0v) is 18.7. The minimum atomic E-state index is -4.50. The molecule has 0 saturated heterocycles. The predicted molar refractivity (Wildman–Crippen MR) is 120 cm³/mol. The van der Waals surface area contributed by atoms with E-state index in [9.17, 15) is 18.0 Å². The fourth-order valence-electron chi connectivity index (χ4n) is 4.22. The number of nitrogens with one attached hydrogen (secondary N) is 2. The number of thiazole rings is 1. The van der Waals surface area contributed by atoms with E-state index in [1.165, 1.54) is 11.3 Å². The van der Waals surface area contributed by atoms with Crippen LogP contribution in [-0.2, 0) is 6.18 Å². The largest absolute Gasteiger partial charge is 0.433 e. The van der Waals surface area contributed by atoms with Crippen LogP contribution in [0.3, 0.4) is 0 Å². The van der Waals surface area contributed by atoms with Crippen LogP contribution in [0.15, 0.2) is 35.8 Å². The number of halogens is 3. The van der Waals surface area contributed by atoms with Crippen molar-refractivity contribution in [2.75, 3.05) is 11.9 Å². The van der Waals surface area contributed by atoms with Crippen LogP contribution < -0.4 is 10.6 Å². The topological polar surface area (TPSA) is 66.9 Å². The van der Waals surface area contributed by atoms with Crippen LogP contribution in [0.25, 0.3) is 10.9 Å². The van der Waals surface area contributed by atoms with Crippen LogP contribution in [0.4, 0.5) is 18.9 Å². The molecule has 0 spiro atoms. The number of rotatable bonds is 5. The molecule has 2 N–H and O–H groups in total. The molecular weight excluding hydrogens is 437 g/mol. The summed E-state index contributed by atoms with van der Waals surface area (Å²) in [5.74, 6) is 0.221. The van der Waals surface area contributed by atoms with E-state index in [1.54, 1.807) is 29.8 Å². The van der Waals surface area contributed by atoms with Crippen molar-refractivity contribution in [3.63, 3.8) is 0 Å². The highest BCUT2D eigenvalue weighted by Crippen LogP contribution is 2.35. The Kier molecular flexibility index (Phi) is 6.11. The van der Waals surface area contributed by atoms with Crippen molar-refractivity contribution in [3.05, 3.63) is 52.1 Å². The van der Waals surface area contributed by atoms with Crippen molar-refractivity contribution >= 4 is 33.8 Å². The number of carbonyl (C=O) groups excluding carboxylic acids is 1. The molecule has 32 heavy (non-hydrogen) atoms. The number of aromatic nitrogens is 2. The van der Waals surface area contributed by atoms with E-state index < -0.39 is 11.9 Å². The summed E-state index contributed by atoms with van der Waals surface area (Å²) in [6.07, 6.45) is -1.12. The number of anilines is 1. The average Bonchev–Trinajstić information content (AvgIpc) is 3.18. The van der Waals surface area contributed by atoms with Gasteiger partial charge in [0.2, 0.25) is 0 Å². The normalized spacial score (nSPS) is 21.5. The smallest absolute Gasteiger partial charge is 0.384 e. The summed E-state index contributed by atoms with van der Waals surface area (Å²) in [6.45, 7) is 4.45. The van der Waals surface area contributed by atoms with Gasteiger partial charge in [-0.15, -0.1) is 11.3 Å². The van der Waals surface area contributed by atoms with E-state index in [4.69, 9.17) is 0 Å². The number of fused-ring (bicyclic) bond motifs is 1. The summed E-state index contributed by atoms with van der Waals surface area (Å²) in [5, 5.41) is 7.07. The van der Waals surface area contributed by atoms with Crippen LogP contribution in [0.2, 0.25) is 0 Å². The lowest BCUT2D eigenvalue weighted by atomic mass is 9.77. The van der Waals surface area contributed by atoms with E-state index in [2.05, 4.69) is 27.5 Å². The van der Waals surface area contributed by atoms with Crippen molar-refractivity contribution in [3.8, 4) is 0 Å². The number of nitrogens with zero attached hydrogens (tertiary/aromatic N) is 2. The monoisotopic (exact) mass is 462 g/mol. The summed E-state index contributed by atoms with van der Waals surface area (Å²) < 4.78 is 39.8. The molecule has 2 aromatic heterocycles. The molecule has 1 amide bonds. The zero-order chi connectivity index (χ0) is 22.9. The van der Waals surface area contributed by atoms with Gasteiger partial charge in [0.05, 0.1) is 16.7 Å². The Labute approximate surface area is 188 Å². The number of para-hydroxylation sites is 1. The van der Waals surface area contributed by atoms with Gasteiger partial charge in [0.25, 0.3) is 5.91 Å². The first kappa shape index (κ1) is 22.5. The molecule has 1 aliphatic carbocycles. The molecule has 4 rings (SSSR count). The minimum absolute atomic E-state index is 0.0907. The highest BCUT2D eigenvalue weighted by molar-refractivity contribution is 7.11. The molecule has 5 nitrogen and oxygen atoms in total. The molecule has 170 valence electrons. The lowest BCUT2D eigenvalue weighted by Crippen LogP contribution is -2.48. The SMILES string of the molecule is Cc1ncsc1C(=O)NC1(C)CCC(CNc2cc(C(F)(F)F)nc3ccccc23)CC1. The summed E-state index contributed by atoms with van der Waals surface area (Å²) in [6, 6.07) is 7.94. The number of hydrogen-bond acceptors (Lipinski definition) is 5. The number of aryl methyl sites for hydroxylation is 1. The Hall–Kier alpha value is -2.68. The third-order valence-corrected chi connectivity index (χ3v) is 7.09. The minimum Gasteiger partial charge on any atom is -0.384 e. The van der Waals surface area contributed by atoms with Gasteiger partial charge in [-0.1, -0.05) is 18.2 Å². The van der Waals surface area contributed by atoms with Crippen LogP contribution in [-0.4, -0.2) is 28.0 Å². The second kappa shape index (κ2) is 8.69. The Balaban J connectivity index is 1.39. The van der Waals surface area contributed by atoms with Gasteiger partial charge in [-0.25, -0.2) is 9.97 Å². The molecule has 9 heteroatoms. The number of carbonyl (C=O) groups is 1. The van der Waals surface area contributed by atoms with Gasteiger partial charge in [-0.2, -0.15) is 13.2 Å². The van der Waals surface area contributed by atoms with Crippen LogP contribution in [0, 0.1) is 12.8 Å². The molecule has 0 aliphatic heterocycles. The maximum absolute atomic E-state index is 13.3. The maximum Gasteiger partial charge on any atom is 0.433 e. The van der Waals surface area contributed by atoms with Gasteiger partial charge in [-0.3, -0.25) is 4.79 Å². The first-order chi connectivity index (χ1) is 15.1. The van der Waals surface area contributed by atoms with Gasteiger partial charge in [0.1, 0.15) is 10.6 Å². The molecule has 2 heterocycles.